The molecule has 3 aromatic rings. The van der Waals surface area contributed by atoms with Crippen LogP contribution in [0, 0.1) is 16.7 Å². The molecule has 0 spiro atoms. The highest BCUT2D eigenvalue weighted by Crippen LogP contribution is 2.60. The predicted molar refractivity (Wildman–Crippen MR) is 136 cm³/mol. The average molecular weight is 473 g/mol. The molecule has 1 fully saturated rings. The summed E-state index contributed by atoms with van der Waals surface area (Å²) in [7, 11) is 0. The van der Waals surface area contributed by atoms with E-state index in [-0.39, 0.29) is 17.6 Å². The van der Waals surface area contributed by atoms with Crippen molar-refractivity contribution in [2.75, 3.05) is 5.32 Å². The van der Waals surface area contributed by atoms with Crippen LogP contribution in [-0.4, -0.2) is 25.8 Å². The number of rotatable bonds is 4. The van der Waals surface area contributed by atoms with E-state index in [1.165, 1.54) is 5.56 Å². The second kappa shape index (κ2) is 8.04. The van der Waals surface area contributed by atoms with Crippen molar-refractivity contribution in [3.05, 3.63) is 64.4 Å². The molecule has 2 N–H and O–H groups in total. The molecule has 1 aliphatic heterocycles. The van der Waals surface area contributed by atoms with Crippen LogP contribution < -0.4 is 10.9 Å². The van der Waals surface area contributed by atoms with Crippen LogP contribution in [0.25, 0.3) is 22.6 Å². The number of fused-ring (bicyclic) bond motifs is 3. The molecule has 7 nitrogen and oxygen atoms in total. The van der Waals surface area contributed by atoms with Crippen LogP contribution in [0.5, 0.6) is 0 Å². The zero-order valence-corrected chi connectivity index (χ0v) is 20.9. The lowest BCUT2D eigenvalue weighted by Gasteiger charge is -2.43. The summed E-state index contributed by atoms with van der Waals surface area (Å²) in [4.78, 5) is 30.0. The van der Waals surface area contributed by atoms with E-state index in [1.54, 1.807) is 0 Å². The summed E-state index contributed by atoms with van der Waals surface area (Å²) in [5, 5.41) is 18.6. The number of nitrogens with zero attached hydrogens (tertiary/aromatic N) is 3. The maximum Gasteiger partial charge on any atom is 0.309 e. The van der Waals surface area contributed by atoms with Gasteiger partial charge in [-0.2, -0.15) is 10.1 Å². The third kappa shape index (κ3) is 3.48. The Labute approximate surface area is 205 Å². The van der Waals surface area contributed by atoms with Gasteiger partial charge < -0.3 is 10.4 Å². The van der Waals surface area contributed by atoms with E-state index in [4.69, 9.17) is 5.10 Å². The van der Waals surface area contributed by atoms with Gasteiger partial charge in [0.15, 0.2) is 11.5 Å². The van der Waals surface area contributed by atoms with E-state index < -0.39 is 16.8 Å². The number of carbonyl (C=O) groups is 1. The Bertz CT molecular complexity index is 1360. The Hall–Kier alpha value is -3.48. The number of carboxylic acids is 1. The average Bonchev–Trinajstić information content (AvgIpc) is 3.08. The second-order valence-corrected chi connectivity index (χ2v) is 10.9. The van der Waals surface area contributed by atoms with E-state index in [9.17, 15) is 14.7 Å². The number of nitrogens with one attached hydrogen (secondary N) is 1. The first-order valence-electron chi connectivity index (χ1n) is 12.2. The first-order chi connectivity index (χ1) is 16.5. The first kappa shape index (κ1) is 23.3. The standard InChI is InChI=1S/C28H32N4O3/c1-16(2)17-10-12-18(13-11-17)22-25(33)30-23-19-8-6-7-9-21(19)29-24(32(23)31-22)20-14-15-28(5,26(34)35)27(20,3)4/h6-13,16,20,24,29H,14-15H2,1-5H3,(H,34,35)/t20-,24-,28-/m0/s1. The molecule has 7 heteroatoms. The fraction of sp³-hybridized carbons (Fsp3) is 0.429. The number of para-hydroxylation sites is 1. The number of aromatic nitrogens is 3. The van der Waals surface area contributed by atoms with Gasteiger partial charge >= 0.3 is 5.97 Å². The molecule has 3 atom stereocenters. The van der Waals surface area contributed by atoms with Gasteiger partial charge in [0.25, 0.3) is 5.56 Å². The summed E-state index contributed by atoms with van der Waals surface area (Å²) in [6.45, 7) is 10.2. The highest BCUT2D eigenvalue weighted by Gasteiger charge is 2.59. The van der Waals surface area contributed by atoms with Crippen LogP contribution >= 0.6 is 0 Å². The zero-order valence-electron chi connectivity index (χ0n) is 20.9. The van der Waals surface area contributed by atoms with Gasteiger partial charge in [0.2, 0.25) is 0 Å². The normalized spacial score (nSPS) is 24.5. The Balaban J connectivity index is 1.67. The number of anilines is 1. The van der Waals surface area contributed by atoms with E-state index in [0.29, 0.717) is 23.9 Å². The van der Waals surface area contributed by atoms with Crippen molar-refractivity contribution in [1.29, 1.82) is 0 Å². The lowest BCUT2D eigenvalue weighted by Crippen LogP contribution is -2.45. The number of hydrogen-bond donors (Lipinski definition) is 2. The van der Waals surface area contributed by atoms with Crippen molar-refractivity contribution in [1.82, 2.24) is 14.8 Å². The maximum atomic E-state index is 13.2. The van der Waals surface area contributed by atoms with Crippen LogP contribution in [0.4, 0.5) is 5.69 Å². The number of carboxylic acid groups (broad SMARTS) is 1. The highest BCUT2D eigenvalue weighted by atomic mass is 16.4. The van der Waals surface area contributed by atoms with Crippen LogP contribution in [0.3, 0.4) is 0 Å². The smallest absolute Gasteiger partial charge is 0.309 e. The van der Waals surface area contributed by atoms with Crippen molar-refractivity contribution in [2.45, 2.75) is 59.5 Å². The van der Waals surface area contributed by atoms with E-state index in [1.807, 2.05) is 74.0 Å². The summed E-state index contributed by atoms with van der Waals surface area (Å²) >= 11 is 0. The van der Waals surface area contributed by atoms with Gasteiger partial charge in [-0.05, 0) is 48.8 Å². The molecule has 35 heavy (non-hydrogen) atoms. The van der Waals surface area contributed by atoms with Gasteiger partial charge in [-0.25, -0.2) is 4.68 Å². The molecule has 0 bridgehead atoms. The minimum Gasteiger partial charge on any atom is -0.481 e. The molecule has 1 aromatic heterocycles. The molecular weight excluding hydrogens is 440 g/mol. The van der Waals surface area contributed by atoms with Gasteiger partial charge in [-0.3, -0.25) is 9.59 Å². The lowest BCUT2D eigenvalue weighted by atomic mass is 9.65. The third-order valence-electron chi connectivity index (χ3n) is 8.58. The van der Waals surface area contributed by atoms with Crippen LogP contribution in [-0.2, 0) is 4.79 Å². The third-order valence-corrected chi connectivity index (χ3v) is 8.58. The van der Waals surface area contributed by atoms with Crippen molar-refractivity contribution in [3.8, 4) is 22.6 Å². The Morgan fingerprint density at radius 1 is 1.11 bits per heavy atom. The van der Waals surface area contributed by atoms with Crippen LogP contribution in [0.2, 0.25) is 0 Å². The van der Waals surface area contributed by atoms with E-state index in [2.05, 4.69) is 24.1 Å². The fourth-order valence-corrected chi connectivity index (χ4v) is 5.75. The van der Waals surface area contributed by atoms with Gasteiger partial charge in [0.1, 0.15) is 6.17 Å². The minimum atomic E-state index is -0.863. The molecule has 1 saturated carbocycles. The second-order valence-electron chi connectivity index (χ2n) is 10.9. The van der Waals surface area contributed by atoms with E-state index >= 15 is 0 Å². The lowest BCUT2D eigenvalue weighted by molar-refractivity contribution is -0.154. The fourth-order valence-electron chi connectivity index (χ4n) is 5.75. The summed E-state index contributed by atoms with van der Waals surface area (Å²) in [6, 6.07) is 15.6. The molecular formula is C28H32N4O3. The van der Waals surface area contributed by atoms with Crippen molar-refractivity contribution < 1.29 is 9.90 Å². The number of hydrogen-bond acceptors (Lipinski definition) is 5. The number of aliphatic carboxylic acids is 1. The Morgan fingerprint density at radius 3 is 2.43 bits per heavy atom. The molecule has 5 rings (SSSR count). The molecule has 1 aliphatic carbocycles. The first-order valence-corrected chi connectivity index (χ1v) is 12.2. The molecule has 0 unspecified atom stereocenters. The highest BCUT2D eigenvalue weighted by molar-refractivity contribution is 5.77. The van der Waals surface area contributed by atoms with Crippen LogP contribution in [0.15, 0.2) is 53.3 Å². The minimum absolute atomic E-state index is 0.0383. The molecule has 2 aliphatic rings. The van der Waals surface area contributed by atoms with Crippen molar-refractivity contribution >= 4 is 11.7 Å². The maximum absolute atomic E-state index is 13.2. The molecule has 2 aromatic carbocycles. The summed E-state index contributed by atoms with van der Waals surface area (Å²) in [6.07, 6.45) is 0.964. The number of benzene rings is 2. The monoisotopic (exact) mass is 472 g/mol. The molecule has 0 saturated heterocycles. The quantitative estimate of drug-likeness (QED) is 0.517. The Kier molecular flexibility index (Phi) is 5.34. The zero-order chi connectivity index (χ0) is 25.1. The SMILES string of the molecule is CC(C)c1ccc(-c2nn3c(nc2=O)-c2ccccc2N[C@@H]3[C@@H]2CC[C@@](C)(C(=O)O)C2(C)C)cc1. The van der Waals surface area contributed by atoms with Crippen LogP contribution in [0.1, 0.15) is 65.1 Å². The summed E-state index contributed by atoms with van der Waals surface area (Å²) < 4.78 is 1.81. The van der Waals surface area contributed by atoms with E-state index in [0.717, 1.165) is 23.2 Å². The summed E-state index contributed by atoms with van der Waals surface area (Å²) in [5.74, 6) is 0.0802. The largest absolute Gasteiger partial charge is 0.481 e. The van der Waals surface area contributed by atoms with Crippen molar-refractivity contribution in [3.63, 3.8) is 0 Å². The van der Waals surface area contributed by atoms with Gasteiger partial charge in [0.05, 0.1) is 5.41 Å². The van der Waals surface area contributed by atoms with Crippen molar-refractivity contribution in [2.24, 2.45) is 16.7 Å². The van der Waals surface area contributed by atoms with Gasteiger partial charge in [-0.1, -0.05) is 64.1 Å². The van der Waals surface area contributed by atoms with Gasteiger partial charge in [-0.15, -0.1) is 0 Å². The summed E-state index contributed by atoms with van der Waals surface area (Å²) in [5.41, 5.74) is 2.14. The molecule has 0 radical (unpaired) electrons. The Morgan fingerprint density at radius 2 is 1.80 bits per heavy atom. The molecule has 2 heterocycles. The topological polar surface area (TPSA) is 97.1 Å². The molecule has 182 valence electrons. The molecule has 0 amide bonds. The van der Waals surface area contributed by atoms with Gasteiger partial charge in [0, 0.05) is 22.7 Å². The predicted octanol–water partition coefficient (Wildman–Crippen LogP) is 5.55.